The van der Waals surface area contributed by atoms with Gasteiger partial charge in [-0.15, -0.1) is 0 Å². The Hall–Kier alpha value is -6.61. The molecule has 1 amide bonds. The van der Waals surface area contributed by atoms with Crippen LogP contribution in [-0.2, 0) is 63.7 Å². The highest BCUT2D eigenvalue weighted by Gasteiger charge is 2.28. The summed E-state index contributed by atoms with van der Waals surface area (Å²) in [5.74, 6) is -0.506. The number of carbonyl (C=O) groups is 3. The number of carbonyl (C=O) groups excluding carboxylic acids is 4. The highest BCUT2D eigenvalue weighted by Crippen LogP contribution is 2.29. The lowest BCUT2D eigenvalue weighted by Crippen LogP contribution is -3.00. The van der Waals surface area contributed by atoms with Crippen LogP contribution in [0.4, 0.5) is 4.79 Å². The number of Topliss-reactive ketones (excluding diaryl/α,β-unsaturated/α-hetero) is 1. The summed E-state index contributed by atoms with van der Waals surface area (Å²) < 4.78 is 27.0. The zero-order valence-corrected chi connectivity index (χ0v) is 60.6. The number of aliphatic imine (C=N–C) groups is 1. The molecule has 0 aliphatic rings. The molecular weight excluding hydrogens is 1170 g/mol. The van der Waals surface area contributed by atoms with Crippen molar-refractivity contribution in [3.63, 3.8) is 0 Å². The van der Waals surface area contributed by atoms with Crippen LogP contribution in [0.3, 0.4) is 0 Å². The van der Waals surface area contributed by atoms with E-state index in [0.717, 1.165) is 16.7 Å². The van der Waals surface area contributed by atoms with E-state index in [1.54, 1.807) is 26.9 Å². The number of esters is 1. The van der Waals surface area contributed by atoms with Crippen LogP contribution in [-0.4, -0.2) is 59.9 Å². The molecule has 6 aromatic rings. The number of halogens is 1. The van der Waals surface area contributed by atoms with Crippen LogP contribution in [0.2, 0.25) is 0 Å². The van der Waals surface area contributed by atoms with Gasteiger partial charge in [-0.3, -0.25) is 4.79 Å². The van der Waals surface area contributed by atoms with Crippen molar-refractivity contribution >= 4 is 34.9 Å². The van der Waals surface area contributed by atoms with E-state index in [1.165, 1.54) is 56.3 Å². The smallest absolute Gasteiger partial charge is 0.408 e. The van der Waals surface area contributed by atoms with E-state index < -0.39 is 29.2 Å². The number of hydrogen-bond donors (Lipinski definition) is 3. The van der Waals surface area contributed by atoms with Gasteiger partial charge >= 0.3 is 12.1 Å². The van der Waals surface area contributed by atoms with Crippen LogP contribution in [0, 0.1) is 0 Å². The van der Waals surface area contributed by atoms with Crippen LogP contribution in [0.1, 0.15) is 258 Å². The summed E-state index contributed by atoms with van der Waals surface area (Å²) in [6.45, 7) is 51.7. The van der Waals surface area contributed by atoms with E-state index in [-0.39, 0.29) is 80.8 Å². The number of ether oxygens (including phenoxy) is 2. The van der Waals surface area contributed by atoms with Crippen molar-refractivity contribution in [1.29, 1.82) is 0 Å². The molecule has 0 aliphatic heterocycles. The van der Waals surface area contributed by atoms with Gasteiger partial charge in [0.15, 0.2) is 5.78 Å². The Morgan fingerprint density at radius 1 is 0.556 bits per heavy atom. The molecule has 6 rings (SSSR count). The van der Waals surface area contributed by atoms with Crippen LogP contribution < -0.4 is 28.2 Å². The Kier molecular flexibility index (Phi) is 32.4. The summed E-state index contributed by atoms with van der Waals surface area (Å²) in [5, 5.41) is 6.71. The van der Waals surface area contributed by atoms with Crippen molar-refractivity contribution in [2.45, 2.75) is 248 Å². The molecule has 90 heavy (non-hydrogen) atoms. The van der Waals surface area contributed by atoms with Gasteiger partial charge < -0.3 is 32.9 Å². The van der Waals surface area contributed by atoms with Crippen LogP contribution in [0.15, 0.2) is 139 Å². The maximum Gasteiger partial charge on any atom is 0.408 e. The van der Waals surface area contributed by atoms with Gasteiger partial charge in [-0.25, -0.2) is 33.0 Å². The second kappa shape index (κ2) is 35.8. The van der Waals surface area contributed by atoms with Crippen LogP contribution in [0.5, 0.6) is 0 Å². The Morgan fingerprint density at radius 3 is 1.22 bits per heavy atom. The number of alkyl carbamates (subject to hydrolysis) is 1. The van der Waals surface area contributed by atoms with Gasteiger partial charge in [0.25, 0.3) is 0 Å². The first-order chi connectivity index (χ1) is 40.8. The van der Waals surface area contributed by atoms with E-state index in [4.69, 9.17) is 9.47 Å². The number of ketones is 1. The minimum atomic E-state index is -1.13. The van der Waals surface area contributed by atoms with Crippen molar-refractivity contribution in [2.24, 2.45) is 4.99 Å². The Labute approximate surface area is 550 Å². The highest BCUT2D eigenvalue weighted by molar-refractivity contribution is 7.84. The quantitative estimate of drug-likeness (QED) is 0.0411. The van der Waals surface area contributed by atoms with E-state index in [9.17, 15) is 23.4 Å². The molecule has 496 valence electrons. The molecule has 5 aromatic carbocycles. The monoisotopic (exact) mass is 1280 g/mol. The van der Waals surface area contributed by atoms with Gasteiger partial charge in [-0.1, -0.05) is 225 Å². The van der Waals surface area contributed by atoms with E-state index >= 15 is 0 Å². The summed E-state index contributed by atoms with van der Waals surface area (Å²) in [6, 6.07) is 41.5. The summed E-state index contributed by atoms with van der Waals surface area (Å²) in [5.41, 5.74) is 16.5. The van der Waals surface area contributed by atoms with Crippen molar-refractivity contribution in [1.82, 2.24) is 24.8 Å². The molecule has 6 atom stereocenters. The summed E-state index contributed by atoms with van der Waals surface area (Å²) in [6.07, 6.45) is 2.21. The molecule has 1 heterocycles. The lowest BCUT2D eigenvalue weighted by molar-refractivity contribution is -0.420. The fourth-order valence-corrected chi connectivity index (χ4v) is 9.08. The molecule has 14 nitrogen and oxygen atoms in total. The largest absolute Gasteiger partial charge is 1.00 e. The van der Waals surface area contributed by atoms with Gasteiger partial charge in [0, 0.05) is 17.2 Å². The number of hydrogen-bond acceptors (Lipinski definition) is 10. The normalized spacial score (nSPS) is 13.7. The Bertz CT molecular complexity index is 3150. The zero-order chi connectivity index (χ0) is 68.0. The van der Waals surface area contributed by atoms with E-state index in [2.05, 4.69) is 209 Å². The molecule has 5 N–H and O–H groups in total. The van der Waals surface area contributed by atoms with E-state index in [1.807, 2.05) is 95.3 Å². The third-order valence-corrected chi connectivity index (χ3v) is 16.1. The zero-order valence-electron chi connectivity index (χ0n) is 59.0. The first-order valence-electron chi connectivity index (χ1n) is 31.0. The Balaban J connectivity index is 0.000000584. The number of benzene rings is 5. The fourth-order valence-electron chi connectivity index (χ4n) is 8.27. The van der Waals surface area contributed by atoms with Crippen molar-refractivity contribution in [3.8, 4) is 0 Å². The molecule has 0 saturated heterocycles. The predicted molar refractivity (Wildman–Crippen MR) is 366 cm³/mol. The maximum absolute atomic E-state index is 12.4. The summed E-state index contributed by atoms with van der Waals surface area (Å²) in [7, 11) is -1.04. The lowest BCUT2D eigenvalue weighted by atomic mass is 9.86. The summed E-state index contributed by atoms with van der Waals surface area (Å²) >= 11 is 0. The molecule has 0 fully saturated rings. The third kappa shape index (κ3) is 29.6. The molecule has 0 spiro atoms. The Morgan fingerprint density at radius 2 is 0.911 bits per heavy atom. The SMILES string of the molecule is CC(=O)c1ccc(C(C)(C)C)cc1.CC(C)OC(=O)[C@@H](Cn1cncn1)OC(=O)N[C@@H](C)c1ccc(C(C)(C)C)cc1.C[C@H](N=C=O)c1ccc(C(C)(C)C)cc1.C[C@H](N[S@@](=O)C(C)(C)C)c1ccc(C(C)(C)C)cc1.C[C@H]([NH3+])c1ccc(C(C)(C)C)cc1.[Cl-]. The van der Waals surface area contributed by atoms with Gasteiger partial charge in [-0.2, -0.15) is 10.1 Å². The third-order valence-electron chi connectivity index (χ3n) is 14.4. The average molecular weight is 1280 g/mol. The van der Waals surface area contributed by atoms with Crippen LogP contribution in [0.25, 0.3) is 0 Å². The summed E-state index contributed by atoms with van der Waals surface area (Å²) in [4.78, 5) is 53.4. The van der Waals surface area contributed by atoms with Gasteiger partial charge in [0.2, 0.25) is 12.2 Å². The molecule has 0 unspecified atom stereocenters. The topological polar surface area (TPSA) is 199 Å². The molecular formula is C74H110ClN7O7S. The highest BCUT2D eigenvalue weighted by atomic mass is 35.5. The standard InChI is InChI=1S/C21H30N4O4.C16H27NOS.C13H17NO.C12H19N.C12H16O.ClH/c1-14(2)28-19(26)18(11-25-13-22-12-23-25)29-20(27)24-15(3)16-7-9-17(10-8-16)21(4,5)6;1-12(17-19(18)16(5,6)7)13-8-10-14(11-9-13)15(2,3)4;1-10(14-9-15)11-5-7-12(8-6-11)13(2,3)4;2*1-9(13)10-5-7-11(8-6-10)12(2,3)4;/h7-10,12-15,18H,11H2,1-6H3,(H,24,27);8-12,17H,1-7H3;5-8,10H,1-4H3;5-9H,13H2,1-4H3;5-8H,1-4H3;1H/t15-,18+;12-,19-;10-;9-;;/m0000../s1. The van der Waals surface area contributed by atoms with E-state index in [0.29, 0.717) is 6.04 Å². The van der Waals surface area contributed by atoms with Gasteiger partial charge in [-0.05, 0) is 141 Å². The number of rotatable bonds is 14. The molecule has 0 bridgehead atoms. The maximum atomic E-state index is 12.4. The number of nitrogens with one attached hydrogen (secondary N) is 2. The van der Waals surface area contributed by atoms with Crippen molar-refractivity contribution in [2.75, 3.05) is 0 Å². The minimum absolute atomic E-state index is 0. The number of quaternary nitrogens is 1. The van der Waals surface area contributed by atoms with Crippen molar-refractivity contribution in [3.05, 3.63) is 190 Å². The first-order valence-corrected chi connectivity index (χ1v) is 32.1. The number of nitrogens with zero attached hydrogens (tertiary/aromatic N) is 4. The fraction of sp³-hybridized carbons (Fsp3) is 0.514. The first kappa shape index (κ1) is 81.4. The minimum Gasteiger partial charge on any atom is -1.00 e. The predicted octanol–water partition coefficient (Wildman–Crippen LogP) is 13.3. The number of aromatic nitrogens is 3. The van der Waals surface area contributed by atoms with Crippen LogP contribution >= 0.6 is 0 Å². The lowest BCUT2D eigenvalue weighted by Gasteiger charge is -2.23. The second-order valence-corrected chi connectivity index (χ2v) is 31.3. The molecule has 1 aromatic heterocycles. The van der Waals surface area contributed by atoms with Crippen molar-refractivity contribution < 1.29 is 51.0 Å². The number of amides is 1. The van der Waals surface area contributed by atoms with Gasteiger partial charge in [0.1, 0.15) is 18.7 Å². The second-order valence-electron chi connectivity index (χ2n) is 29.3. The molecule has 16 heteroatoms. The molecule has 0 radical (unpaired) electrons. The molecule has 0 aliphatic carbocycles. The number of isocyanates is 1. The molecule has 0 saturated carbocycles. The van der Waals surface area contributed by atoms with Gasteiger partial charge in [0.05, 0.1) is 40.5 Å². The average Bonchev–Trinajstić information content (AvgIpc) is 1.28.